The topological polar surface area (TPSA) is 81.2 Å². The molecule has 41 heavy (non-hydrogen) atoms. The molecule has 0 bridgehead atoms. The Morgan fingerprint density at radius 3 is 2.46 bits per heavy atom. The number of nitrogens with zero attached hydrogens (tertiary/aromatic N) is 3. The number of hydrogen-bond acceptors (Lipinski definition) is 7. The van der Waals surface area contributed by atoms with Crippen molar-refractivity contribution >= 4 is 17.9 Å². The monoisotopic (exact) mass is 557 g/mol. The summed E-state index contributed by atoms with van der Waals surface area (Å²) in [5, 5.41) is 0. The van der Waals surface area contributed by atoms with Crippen molar-refractivity contribution in [2.45, 2.75) is 65.6 Å². The summed E-state index contributed by atoms with van der Waals surface area (Å²) in [6.07, 6.45) is 1.29. The van der Waals surface area contributed by atoms with Gasteiger partial charge in [0.1, 0.15) is 17.7 Å². The van der Waals surface area contributed by atoms with E-state index in [0.29, 0.717) is 31.7 Å². The zero-order valence-corrected chi connectivity index (χ0v) is 24.6. The molecule has 216 valence electrons. The van der Waals surface area contributed by atoms with Crippen LogP contribution in [0.15, 0.2) is 48.5 Å². The van der Waals surface area contributed by atoms with Crippen LogP contribution in [0.5, 0.6) is 5.75 Å². The number of aromatic nitrogens is 1. The van der Waals surface area contributed by atoms with Crippen LogP contribution in [0, 0.1) is 13.8 Å². The number of ether oxygens (including phenoxy) is 3. The molecule has 8 heteroatoms. The summed E-state index contributed by atoms with van der Waals surface area (Å²) >= 11 is 0. The number of benzene rings is 2. The van der Waals surface area contributed by atoms with E-state index in [1.165, 1.54) is 0 Å². The largest absolute Gasteiger partial charge is 0.496 e. The highest BCUT2D eigenvalue weighted by Gasteiger charge is 2.40. The first-order valence-corrected chi connectivity index (χ1v) is 14.4. The number of cyclic esters (lactones) is 1. The van der Waals surface area contributed by atoms with E-state index >= 15 is 0 Å². The van der Waals surface area contributed by atoms with Gasteiger partial charge in [-0.05, 0) is 75.9 Å². The summed E-state index contributed by atoms with van der Waals surface area (Å²) in [5.41, 5.74) is 6.82. The number of methoxy groups -OCH3 is 1. The van der Waals surface area contributed by atoms with E-state index in [9.17, 15) is 9.59 Å². The van der Waals surface area contributed by atoms with Crippen LogP contribution in [-0.4, -0.2) is 54.8 Å². The molecule has 1 amide bonds. The zero-order chi connectivity index (χ0) is 29.1. The molecule has 2 fully saturated rings. The molecule has 5 rings (SSSR count). The Balaban J connectivity index is 1.49. The molecule has 2 aliphatic heterocycles. The van der Waals surface area contributed by atoms with Gasteiger partial charge in [0.15, 0.2) is 0 Å². The van der Waals surface area contributed by atoms with E-state index in [4.69, 9.17) is 19.2 Å². The number of anilines is 1. The molecule has 2 aliphatic rings. The normalized spacial score (nSPS) is 18.2. The Labute approximate surface area is 242 Å². The van der Waals surface area contributed by atoms with Gasteiger partial charge in [0.05, 0.1) is 32.0 Å². The zero-order valence-electron chi connectivity index (χ0n) is 24.6. The Hall–Kier alpha value is -4.07. The van der Waals surface area contributed by atoms with Crippen LogP contribution in [0.1, 0.15) is 60.7 Å². The van der Waals surface area contributed by atoms with Crippen molar-refractivity contribution in [3.05, 3.63) is 76.5 Å². The number of pyridine rings is 1. The SMILES string of the molecule is CCOC(=O)CCc1ccc(OC)c(-c2ccc(N3CCC3)nc2CN2C(=O)O[C@H](c3cc(C)cc(C)c3)C2C)c1. The molecule has 1 aromatic heterocycles. The predicted octanol–water partition coefficient (Wildman–Crippen LogP) is 6.16. The van der Waals surface area contributed by atoms with Gasteiger partial charge in [-0.3, -0.25) is 9.69 Å². The standard InChI is InChI=1S/C33H39N3O5/c1-6-40-31(37)13-9-24-8-11-29(39-5)27(19-24)26-10-12-30(35-14-7-15-35)34-28(26)20-36-23(4)32(41-33(36)38)25-17-21(2)16-22(3)18-25/h8,10-12,16-19,23,32H,6-7,9,13-15,20H2,1-5H3/t23?,32-/m0/s1. The number of carbonyl (C=O) groups excluding carboxylic acids is 2. The second-order valence-corrected chi connectivity index (χ2v) is 10.9. The second-order valence-electron chi connectivity index (χ2n) is 10.9. The Kier molecular flexibility index (Phi) is 8.47. The lowest BCUT2D eigenvalue weighted by Crippen LogP contribution is -2.38. The summed E-state index contributed by atoms with van der Waals surface area (Å²) < 4.78 is 16.8. The highest BCUT2D eigenvalue weighted by molar-refractivity contribution is 5.76. The number of rotatable bonds is 10. The second kappa shape index (κ2) is 12.2. The molecule has 2 aromatic carbocycles. The Morgan fingerprint density at radius 1 is 1.05 bits per heavy atom. The first kappa shape index (κ1) is 28.5. The van der Waals surface area contributed by atoms with E-state index in [-0.39, 0.29) is 24.2 Å². The smallest absolute Gasteiger partial charge is 0.411 e. The van der Waals surface area contributed by atoms with Gasteiger partial charge in [-0.1, -0.05) is 35.4 Å². The molecule has 2 saturated heterocycles. The molecule has 0 spiro atoms. The Bertz CT molecular complexity index is 1410. The molecule has 0 radical (unpaired) electrons. The van der Waals surface area contributed by atoms with Crippen LogP contribution in [-0.2, 0) is 27.2 Å². The highest BCUT2D eigenvalue weighted by Crippen LogP contribution is 2.38. The predicted molar refractivity (Wildman–Crippen MR) is 158 cm³/mol. The molecule has 0 aliphatic carbocycles. The minimum absolute atomic E-state index is 0.177. The summed E-state index contributed by atoms with van der Waals surface area (Å²) in [4.78, 5) is 34.3. The maximum absolute atomic E-state index is 13.3. The summed E-state index contributed by atoms with van der Waals surface area (Å²) in [7, 11) is 1.65. The number of amides is 1. The minimum atomic E-state index is -0.358. The van der Waals surface area contributed by atoms with E-state index in [0.717, 1.165) is 64.4 Å². The van der Waals surface area contributed by atoms with Crippen molar-refractivity contribution in [3.8, 4) is 16.9 Å². The first-order valence-electron chi connectivity index (χ1n) is 14.4. The average molecular weight is 558 g/mol. The summed E-state index contributed by atoms with van der Waals surface area (Å²) in [6.45, 7) is 10.6. The third kappa shape index (κ3) is 6.16. The molecule has 0 saturated carbocycles. The molecule has 2 atom stereocenters. The Morgan fingerprint density at radius 2 is 1.80 bits per heavy atom. The van der Waals surface area contributed by atoms with Gasteiger partial charge < -0.3 is 19.1 Å². The fraction of sp³-hybridized carbons (Fsp3) is 0.424. The van der Waals surface area contributed by atoms with E-state index < -0.39 is 0 Å². The number of carbonyl (C=O) groups is 2. The lowest BCUT2D eigenvalue weighted by atomic mass is 9.97. The third-order valence-corrected chi connectivity index (χ3v) is 7.90. The van der Waals surface area contributed by atoms with Crippen molar-refractivity contribution in [1.82, 2.24) is 9.88 Å². The quantitative estimate of drug-likeness (QED) is 0.276. The van der Waals surface area contributed by atoms with Crippen molar-refractivity contribution in [3.63, 3.8) is 0 Å². The van der Waals surface area contributed by atoms with Gasteiger partial charge in [0.25, 0.3) is 0 Å². The fourth-order valence-corrected chi connectivity index (χ4v) is 5.67. The molecule has 3 heterocycles. The lowest BCUT2D eigenvalue weighted by molar-refractivity contribution is -0.143. The van der Waals surface area contributed by atoms with Crippen molar-refractivity contribution in [2.75, 3.05) is 31.7 Å². The van der Waals surface area contributed by atoms with Crippen LogP contribution < -0.4 is 9.64 Å². The van der Waals surface area contributed by atoms with Crippen LogP contribution in [0.25, 0.3) is 11.1 Å². The molecule has 1 unspecified atom stereocenters. The molecule has 8 nitrogen and oxygen atoms in total. The van der Waals surface area contributed by atoms with Crippen LogP contribution in [0.3, 0.4) is 0 Å². The maximum Gasteiger partial charge on any atom is 0.411 e. The van der Waals surface area contributed by atoms with Gasteiger partial charge in [0, 0.05) is 30.6 Å². The van der Waals surface area contributed by atoms with Crippen LogP contribution in [0.2, 0.25) is 0 Å². The maximum atomic E-state index is 13.3. The van der Waals surface area contributed by atoms with Gasteiger partial charge >= 0.3 is 12.1 Å². The van der Waals surface area contributed by atoms with Gasteiger partial charge in [-0.15, -0.1) is 0 Å². The van der Waals surface area contributed by atoms with Crippen molar-refractivity contribution in [1.29, 1.82) is 0 Å². The number of hydrogen-bond donors (Lipinski definition) is 0. The summed E-state index contributed by atoms with van der Waals surface area (Å²) in [5.74, 6) is 1.39. The van der Waals surface area contributed by atoms with Crippen molar-refractivity contribution < 1.29 is 23.8 Å². The molecule has 0 N–H and O–H groups in total. The lowest BCUT2D eigenvalue weighted by Gasteiger charge is -2.33. The number of aryl methyl sites for hydroxylation is 3. The average Bonchev–Trinajstić information content (AvgIpc) is 3.19. The highest BCUT2D eigenvalue weighted by atomic mass is 16.6. The molecular formula is C33H39N3O5. The fourth-order valence-electron chi connectivity index (χ4n) is 5.67. The molecule has 3 aromatic rings. The first-order chi connectivity index (χ1) is 19.8. The van der Waals surface area contributed by atoms with Crippen LogP contribution >= 0.6 is 0 Å². The number of esters is 1. The van der Waals surface area contributed by atoms with Gasteiger partial charge in [0.2, 0.25) is 0 Å². The van der Waals surface area contributed by atoms with E-state index in [1.807, 2.05) is 38.1 Å². The molecular weight excluding hydrogens is 518 g/mol. The van der Waals surface area contributed by atoms with Crippen molar-refractivity contribution in [2.24, 2.45) is 0 Å². The van der Waals surface area contributed by atoms with Crippen LogP contribution in [0.4, 0.5) is 10.6 Å². The third-order valence-electron chi connectivity index (χ3n) is 7.90. The minimum Gasteiger partial charge on any atom is -0.496 e. The van der Waals surface area contributed by atoms with Gasteiger partial charge in [-0.2, -0.15) is 0 Å². The van der Waals surface area contributed by atoms with Gasteiger partial charge in [-0.25, -0.2) is 9.78 Å². The summed E-state index contributed by atoms with van der Waals surface area (Å²) in [6, 6.07) is 16.2. The van der Waals surface area contributed by atoms with E-state index in [1.54, 1.807) is 12.0 Å². The van der Waals surface area contributed by atoms with E-state index in [2.05, 4.69) is 43.0 Å².